The molecule has 0 saturated carbocycles. The van der Waals surface area contributed by atoms with Crippen LogP contribution in [0.15, 0.2) is 47.4 Å². The zero-order chi connectivity index (χ0) is 18.9. The van der Waals surface area contributed by atoms with E-state index in [2.05, 4.69) is 0 Å². The molecule has 5 nitrogen and oxygen atoms in total. The molecule has 0 spiro atoms. The summed E-state index contributed by atoms with van der Waals surface area (Å²) in [4.78, 5) is 13.2. The molecule has 2 aromatic rings. The van der Waals surface area contributed by atoms with Crippen molar-refractivity contribution in [3.8, 4) is 5.75 Å². The summed E-state index contributed by atoms with van der Waals surface area (Å²) in [5.74, 6) is 0.543. The van der Waals surface area contributed by atoms with E-state index in [0.29, 0.717) is 30.7 Å². The SMILES string of the molecule is COc1ccc(C(=O)C2CCCN2S(=O)(=O)c2ccc(C)cc2)cc1C. The van der Waals surface area contributed by atoms with Crippen LogP contribution in [-0.2, 0) is 10.0 Å². The standard InChI is InChI=1S/C20H23NO4S/c1-14-6-9-17(10-7-14)26(23,24)21-12-4-5-18(21)20(22)16-8-11-19(25-3)15(2)13-16/h6-11,13,18H,4-5,12H2,1-3H3. The molecule has 2 aromatic carbocycles. The normalized spacial score (nSPS) is 18.0. The largest absolute Gasteiger partial charge is 0.496 e. The Morgan fingerprint density at radius 3 is 2.42 bits per heavy atom. The Labute approximate surface area is 154 Å². The van der Waals surface area contributed by atoms with Crippen molar-refractivity contribution in [3.63, 3.8) is 0 Å². The van der Waals surface area contributed by atoms with Crippen LogP contribution in [0.3, 0.4) is 0 Å². The molecule has 138 valence electrons. The monoisotopic (exact) mass is 373 g/mol. The summed E-state index contributed by atoms with van der Waals surface area (Å²) >= 11 is 0. The first-order valence-corrected chi connectivity index (χ1v) is 10.1. The Hall–Kier alpha value is -2.18. The number of ether oxygens (including phenoxy) is 1. The first-order valence-electron chi connectivity index (χ1n) is 8.62. The van der Waals surface area contributed by atoms with Crippen LogP contribution in [0.1, 0.15) is 34.3 Å². The van der Waals surface area contributed by atoms with Crippen molar-refractivity contribution >= 4 is 15.8 Å². The molecule has 0 bridgehead atoms. The van der Waals surface area contributed by atoms with Gasteiger partial charge in [-0.2, -0.15) is 4.31 Å². The predicted octanol–water partition coefficient (Wildman–Crippen LogP) is 3.35. The van der Waals surface area contributed by atoms with Gasteiger partial charge in [0.2, 0.25) is 10.0 Å². The Kier molecular flexibility index (Phi) is 5.16. The molecule has 1 unspecified atom stereocenters. The maximum atomic E-state index is 13.0. The van der Waals surface area contributed by atoms with Crippen LogP contribution < -0.4 is 4.74 Å². The maximum absolute atomic E-state index is 13.0. The van der Waals surface area contributed by atoms with E-state index in [-0.39, 0.29) is 10.7 Å². The fourth-order valence-electron chi connectivity index (χ4n) is 3.36. The highest BCUT2D eigenvalue weighted by Gasteiger charge is 2.39. The minimum Gasteiger partial charge on any atom is -0.496 e. The van der Waals surface area contributed by atoms with E-state index in [0.717, 1.165) is 11.1 Å². The van der Waals surface area contributed by atoms with Crippen LogP contribution in [0.4, 0.5) is 0 Å². The number of hydrogen-bond acceptors (Lipinski definition) is 4. The number of sulfonamides is 1. The molecule has 1 fully saturated rings. The fraction of sp³-hybridized carbons (Fsp3) is 0.350. The number of aryl methyl sites for hydroxylation is 2. The van der Waals surface area contributed by atoms with Crippen molar-refractivity contribution in [2.75, 3.05) is 13.7 Å². The summed E-state index contributed by atoms with van der Waals surface area (Å²) in [6, 6.07) is 11.3. The lowest BCUT2D eigenvalue weighted by atomic mass is 10.0. The van der Waals surface area contributed by atoms with Crippen LogP contribution in [-0.4, -0.2) is 38.2 Å². The smallest absolute Gasteiger partial charge is 0.243 e. The van der Waals surface area contributed by atoms with Gasteiger partial charge >= 0.3 is 0 Å². The molecule has 26 heavy (non-hydrogen) atoms. The molecular formula is C20H23NO4S. The van der Waals surface area contributed by atoms with Gasteiger partial charge in [0.15, 0.2) is 5.78 Å². The van der Waals surface area contributed by atoms with E-state index < -0.39 is 16.1 Å². The van der Waals surface area contributed by atoms with Crippen molar-refractivity contribution < 1.29 is 17.9 Å². The van der Waals surface area contributed by atoms with Crippen LogP contribution in [0.2, 0.25) is 0 Å². The lowest BCUT2D eigenvalue weighted by Gasteiger charge is -2.23. The summed E-state index contributed by atoms with van der Waals surface area (Å²) in [6.45, 7) is 4.14. The molecule has 0 amide bonds. The Morgan fingerprint density at radius 1 is 1.12 bits per heavy atom. The average Bonchev–Trinajstić information content (AvgIpc) is 3.12. The minimum atomic E-state index is -3.69. The van der Waals surface area contributed by atoms with Crippen LogP contribution in [0, 0.1) is 13.8 Å². The van der Waals surface area contributed by atoms with Gasteiger partial charge in [0.1, 0.15) is 5.75 Å². The van der Waals surface area contributed by atoms with Gasteiger partial charge in [0.25, 0.3) is 0 Å². The number of hydrogen-bond donors (Lipinski definition) is 0. The van der Waals surface area contributed by atoms with Crippen molar-refractivity contribution in [1.29, 1.82) is 0 Å². The van der Waals surface area contributed by atoms with Gasteiger partial charge in [0.05, 0.1) is 18.0 Å². The number of nitrogens with zero attached hydrogens (tertiary/aromatic N) is 1. The third-order valence-electron chi connectivity index (χ3n) is 4.81. The zero-order valence-corrected chi connectivity index (χ0v) is 16.0. The highest BCUT2D eigenvalue weighted by molar-refractivity contribution is 7.89. The predicted molar refractivity (Wildman–Crippen MR) is 100 cm³/mol. The second kappa shape index (κ2) is 7.21. The summed E-state index contributed by atoms with van der Waals surface area (Å²) in [5.41, 5.74) is 2.36. The van der Waals surface area contributed by atoms with Crippen molar-refractivity contribution in [2.24, 2.45) is 0 Å². The summed E-state index contributed by atoms with van der Waals surface area (Å²) in [5, 5.41) is 0. The zero-order valence-electron chi connectivity index (χ0n) is 15.2. The van der Waals surface area contributed by atoms with Crippen molar-refractivity contribution in [2.45, 2.75) is 37.6 Å². The van der Waals surface area contributed by atoms with Crippen LogP contribution >= 0.6 is 0 Å². The molecule has 3 rings (SSSR count). The minimum absolute atomic E-state index is 0.163. The summed E-state index contributed by atoms with van der Waals surface area (Å²) < 4.78 is 32.6. The van der Waals surface area contributed by atoms with E-state index in [1.807, 2.05) is 13.8 Å². The molecule has 0 N–H and O–H groups in total. The summed E-state index contributed by atoms with van der Waals surface area (Å²) in [7, 11) is -2.11. The lowest BCUT2D eigenvalue weighted by molar-refractivity contribution is 0.0918. The molecule has 0 aliphatic carbocycles. The first-order chi connectivity index (χ1) is 12.3. The number of methoxy groups -OCH3 is 1. The molecule has 1 heterocycles. The van der Waals surface area contributed by atoms with Gasteiger partial charge in [-0.1, -0.05) is 17.7 Å². The second-order valence-electron chi connectivity index (χ2n) is 6.64. The topological polar surface area (TPSA) is 63.7 Å². The molecule has 1 saturated heterocycles. The summed E-state index contributed by atoms with van der Waals surface area (Å²) in [6.07, 6.45) is 1.21. The van der Waals surface area contributed by atoms with E-state index in [1.54, 1.807) is 49.6 Å². The van der Waals surface area contributed by atoms with E-state index in [9.17, 15) is 13.2 Å². The number of rotatable bonds is 5. The quantitative estimate of drug-likeness (QED) is 0.754. The Morgan fingerprint density at radius 2 is 1.81 bits per heavy atom. The molecule has 6 heteroatoms. The van der Waals surface area contributed by atoms with Gasteiger partial charge in [-0.15, -0.1) is 0 Å². The van der Waals surface area contributed by atoms with E-state index >= 15 is 0 Å². The fourth-order valence-corrected chi connectivity index (χ4v) is 5.02. The van der Waals surface area contributed by atoms with Crippen LogP contribution in [0.25, 0.3) is 0 Å². The number of benzene rings is 2. The number of carbonyl (C=O) groups is 1. The molecular weight excluding hydrogens is 350 g/mol. The van der Waals surface area contributed by atoms with Gasteiger partial charge in [0, 0.05) is 12.1 Å². The highest BCUT2D eigenvalue weighted by Crippen LogP contribution is 2.29. The first kappa shape index (κ1) is 18.6. The number of carbonyl (C=O) groups excluding carboxylic acids is 1. The van der Waals surface area contributed by atoms with Crippen molar-refractivity contribution in [1.82, 2.24) is 4.31 Å². The maximum Gasteiger partial charge on any atom is 0.243 e. The third kappa shape index (κ3) is 3.39. The Bertz CT molecular complexity index is 919. The van der Waals surface area contributed by atoms with E-state index in [1.165, 1.54) is 4.31 Å². The van der Waals surface area contributed by atoms with Gasteiger partial charge in [-0.3, -0.25) is 4.79 Å². The number of Topliss-reactive ketones (excluding diaryl/α,β-unsaturated/α-hetero) is 1. The van der Waals surface area contributed by atoms with Gasteiger partial charge < -0.3 is 4.74 Å². The molecule has 0 aromatic heterocycles. The van der Waals surface area contributed by atoms with Crippen molar-refractivity contribution in [3.05, 3.63) is 59.2 Å². The average molecular weight is 373 g/mol. The molecule has 0 radical (unpaired) electrons. The second-order valence-corrected chi connectivity index (χ2v) is 8.53. The highest BCUT2D eigenvalue weighted by atomic mass is 32.2. The lowest BCUT2D eigenvalue weighted by Crippen LogP contribution is -2.40. The van der Waals surface area contributed by atoms with E-state index in [4.69, 9.17) is 4.74 Å². The Balaban J connectivity index is 1.91. The molecule has 1 atom stereocenters. The number of ketones is 1. The third-order valence-corrected chi connectivity index (χ3v) is 6.74. The molecule has 1 aliphatic heterocycles. The van der Waals surface area contributed by atoms with Crippen LogP contribution in [0.5, 0.6) is 5.75 Å². The molecule has 1 aliphatic rings. The van der Waals surface area contributed by atoms with Gasteiger partial charge in [-0.25, -0.2) is 8.42 Å². The van der Waals surface area contributed by atoms with Gasteiger partial charge in [-0.05, 0) is 62.6 Å².